The Kier molecular flexibility index (Phi) is 8.87. The van der Waals surface area contributed by atoms with Crippen molar-refractivity contribution >= 4 is 28.8 Å². The lowest BCUT2D eigenvalue weighted by Gasteiger charge is -2.37. The van der Waals surface area contributed by atoms with Crippen LogP contribution in [0.1, 0.15) is 49.4 Å². The van der Waals surface area contributed by atoms with Gasteiger partial charge in [0.25, 0.3) is 0 Å². The molecule has 194 valence electrons. The van der Waals surface area contributed by atoms with Gasteiger partial charge in [0.2, 0.25) is 5.91 Å². The predicted molar refractivity (Wildman–Crippen MR) is 142 cm³/mol. The third-order valence-electron chi connectivity index (χ3n) is 6.63. The van der Waals surface area contributed by atoms with Crippen LogP contribution in [-0.2, 0) is 19.1 Å². The molecule has 1 aromatic rings. The van der Waals surface area contributed by atoms with Crippen LogP contribution in [0.4, 0.5) is 0 Å². The first kappa shape index (κ1) is 26.4. The van der Waals surface area contributed by atoms with Crippen molar-refractivity contribution in [1.29, 1.82) is 0 Å². The van der Waals surface area contributed by atoms with E-state index in [0.29, 0.717) is 17.8 Å². The van der Waals surface area contributed by atoms with Gasteiger partial charge in [0.05, 0.1) is 43.6 Å². The molecular formula is C27H36N4O4S. The van der Waals surface area contributed by atoms with Crippen LogP contribution in [0.2, 0.25) is 0 Å². The number of morpholine rings is 1. The molecule has 0 aliphatic carbocycles. The molecule has 1 saturated heterocycles. The van der Waals surface area contributed by atoms with Crippen molar-refractivity contribution in [1.82, 2.24) is 15.1 Å². The van der Waals surface area contributed by atoms with E-state index in [9.17, 15) is 9.59 Å². The molecule has 0 aromatic heterocycles. The molecular weight excluding hydrogens is 476 g/mol. The average Bonchev–Trinajstić information content (AvgIpc) is 3.24. The second kappa shape index (κ2) is 12.1. The molecule has 4 rings (SSSR count). The highest BCUT2D eigenvalue weighted by Gasteiger charge is 2.41. The zero-order valence-electron chi connectivity index (χ0n) is 21.6. The molecule has 3 aliphatic rings. The monoisotopic (exact) mass is 512 g/mol. The molecule has 9 heteroatoms. The van der Waals surface area contributed by atoms with Crippen molar-refractivity contribution in [3.05, 3.63) is 57.3 Å². The van der Waals surface area contributed by atoms with E-state index in [-0.39, 0.29) is 24.9 Å². The quantitative estimate of drug-likeness (QED) is 0.399. The van der Waals surface area contributed by atoms with Gasteiger partial charge in [0.1, 0.15) is 0 Å². The fourth-order valence-corrected chi connectivity index (χ4v) is 5.81. The van der Waals surface area contributed by atoms with Crippen molar-refractivity contribution in [2.45, 2.75) is 46.6 Å². The Labute approximate surface area is 217 Å². The number of fused-ring (bicyclic) bond motifs is 1. The molecule has 0 saturated carbocycles. The number of rotatable bonds is 9. The summed E-state index contributed by atoms with van der Waals surface area (Å²) >= 11 is 1.49. The number of esters is 1. The number of benzene rings is 1. The highest BCUT2D eigenvalue weighted by Crippen LogP contribution is 2.45. The number of carbonyl (C=O) groups is 2. The highest BCUT2D eigenvalue weighted by atomic mass is 32.2. The molecule has 3 heterocycles. The molecule has 0 radical (unpaired) electrons. The van der Waals surface area contributed by atoms with Gasteiger partial charge in [-0.05, 0) is 57.2 Å². The minimum absolute atomic E-state index is 0.0339. The van der Waals surface area contributed by atoms with E-state index >= 15 is 0 Å². The van der Waals surface area contributed by atoms with Crippen LogP contribution in [0.25, 0.3) is 0 Å². The van der Waals surface area contributed by atoms with Crippen molar-refractivity contribution in [2.24, 2.45) is 4.99 Å². The molecule has 8 nitrogen and oxygen atoms in total. The largest absolute Gasteiger partial charge is 0.463 e. The van der Waals surface area contributed by atoms with E-state index in [1.807, 2.05) is 17.2 Å². The van der Waals surface area contributed by atoms with Crippen molar-refractivity contribution < 1.29 is 19.1 Å². The number of amides is 1. The van der Waals surface area contributed by atoms with Crippen LogP contribution < -0.4 is 5.32 Å². The van der Waals surface area contributed by atoms with Gasteiger partial charge in [-0.15, -0.1) is 0 Å². The summed E-state index contributed by atoms with van der Waals surface area (Å²) in [5.41, 5.74) is 5.26. The number of aliphatic imine (C=N–C) groups is 1. The van der Waals surface area contributed by atoms with E-state index in [4.69, 9.17) is 14.5 Å². The van der Waals surface area contributed by atoms with E-state index < -0.39 is 6.04 Å². The van der Waals surface area contributed by atoms with Crippen LogP contribution in [-0.4, -0.2) is 72.8 Å². The predicted octanol–water partition coefficient (Wildman–Crippen LogP) is 3.67. The number of nitrogens with zero attached hydrogens (tertiary/aromatic N) is 3. The number of ether oxygens (including phenoxy) is 2. The first-order chi connectivity index (χ1) is 17.4. The fraction of sp³-hybridized carbons (Fsp3) is 0.519. The maximum Gasteiger partial charge on any atom is 0.338 e. The lowest BCUT2D eigenvalue weighted by Crippen LogP contribution is -2.39. The number of aryl methyl sites for hydroxylation is 2. The number of hydrogen-bond acceptors (Lipinski definition) is 8. The van der Waals surface area contributed by atoms with Gasteiger partial charge in [-0.1, -0.05) is 35.5 Å². The van der Waals surface area contributed by atoms with Crippen LogP contribution in [0.15, 0.2) is 45.6 Å². The first-order valence-corrected chi connectivity index (χ1v) is 13.5. The maximum absolute atomic E-state index is 13.1. The minimum Gasteiger partial charge on any atom is -0.463 e. The summed E-state index contributed by atoms with van der Waals surface area (Å²) in [6.45, 7) is 13.1. The molecule has 1 aromatic carbocycles. The first-order valence-electron chi connectivity index (χ1n) is 12.6. The third kappa shape index (κ3) is 6.02. The fourth-order valence-electron chi connectivity index (χ4n) is 4.85. The smallest absolute Gasteiger partial charge is 0.338 e. The van der Waals surface area contributed by atoms with Gasteiger partial charge in [-0.2, -0.15) is 0 Å². The normalized spacial score (nSPS) is 20.1. The van der Waals surface area contributed by atoms with Crippen LogP contribution in [0.5, 0.6) is 0 Å². The lowest BCUT2D eigenvalue weighted by atomic mass is 9.90. The Bertz CT molecular complexity index is 1090. The van der Waals surface area contributed by atoms with Gasteiger partial charge in [-0.3, -0.25) is 9.69 Å². The molecule has 1 amide bonds. The molecule has 0 spiro atoms. The van der Waals surface area contributed by atoms with E-state index in [2.05, 4.69) is 42.3 Å². The Balaban J connectivity index is 1.49. The third-order valence-corrected chi connectivity index (χ3v) is 7.52. The standard InChI is InChI=1S/C27H36N4O4S/c1-5-35-26(33)24-20(4)29-27-31(25(24)22-8-7-18(2)15-19(22)3)21(17-36-27)16-23(32)28-9-6-10-30-11-13-34-14-12-30/h7-8,15,17,25H,5-6,9-14,16H2,1-4H3,(H,28,32). The van der Waals surface area contributed by atoms with Crippen LogP contribution in [0.3, 0.4) is 0 Å². The summed E-state index contributed by atoms with van der Waals surface area (Å²) in [5, 5.41) is 5.82. The van der Waals surface area contributed by atoms with E-state index in [0.717, 1.165) is 66.8 Å². The van der Waals surface area contributed by atoms with E-state index in [1.54, 1.807) is 6.92 Å². The summed E-state index contributed by atoms with van der Waals surface area (Å²) in [6, 6.07) is 5.84. The van der Waals surface area contributed by atoms with Crippen LogP contribution in [0, 0.1) is 13.8 Å². The van der Waals surface area contributed by atoms with Gasteiger partial charge in [0, 0.05) is 25.3 Å². The zero-order chi connectivity index (χ0) is 25.7. The molecule has 1 fully saturated rings. The average molecular weight is 513 g/mol. The summed E-state index contributed by atoms with van der Waals surface area (Å²) in [7, 11) is 0. The number of allylic oxidation sites excluding steroid dienone is 1. The second-order valence-electron chi connectivity index (χ2n) is 9.31. The molecule has 36 heavy (non-hydrogen) atoms. The summed E-state index contributed by atoms with van der Waals surface area (Å²) in [6.07, 6.45) is 1.12. The molecule has 1 N–H and O–H groups in total. The Morgan fingerprint density at radius 3 is 2.72 bits per heavy atom. The number of thioether (sulfide) groups is 1. The summed E-state index contributed by atoms with van der Waals surface area (Å²) < 4.78 is 10.8. The molecule has 3 aliphatic heterocycles. The number of carbonyl (C=O) groups excluding carboxylic acids is 2. The van der Waals surface area contributed by atoms with Crippen LogP contribution >= 0.6 is 11.8 Å². The maximum atomic E-state index is 13.1. The zero-order valence-corrected chi connectivity index (χ0v) is 22.5. The number of hydrogen-bond donors (Lipinski definition) is 1. The Morgan fingerprint density at radius 1 is 1.22 bits per heavy atom. The second-order valence-corrected chi connectivity index (χ2v) is 10.1. The van der Waals surface area contributed by atoms with Crippen molar-refractivity contribution in [2.75, 3.05) is 46.0 Å². The van der Waals surface area contributed by atoms with Gasteiger partial charge in [0.15, 0.2) is 5.17 Å². The molecule has 0 bridgehead atoms. The van der Waals surface area contributed by atoms with Gasteiger partial charge >= 0.3 is 5.97 Å². The van der Waals surface area contributed by atoms with Gasteiger partial charge < -0.3 is 19.7 Å². The summed E-state index contributed by atoms with van der Waals surface area (Å²) in [4.78, 5) is 35.1. The number of nitrogens with one attached hydrogen (secondary N) is 1. The minimum atomic E-state index is -0.396. The van der Waals surface area contributed by atoms with Gasteiger partial charge in [-0.25, -0.2) is 9.79 Å². The Hall–Kier alpha value is -2.62. The topological polar surface area (TPSA) is 83.5 Å². The summed E-state index contributed by atoms with van der Waals surface area (Å²) in [5.74, 6) is -0.403. The SMILES string of the molecule is CCOC(=O)C1=C(C)N=C2SC=C(CC(=O)NCCCN3CCOCC3)N2C1c1ccc(C)cc1C. The highest BCUT2D eigenvalue weighted by molar-refractivity contribution is 8.16. The van der Waals surface area contributed by atoms with Crippen molar-refractivity contribution in [3.8, 4) is 0 Å². The van der Waals surface area contributed by atoms with Crippen molar-refractivity contribution in [3.63, 3.8) is 0 Å². The number of amidine groups is 1. The van der Waals surface area contributed by atoms with E-state index in [1.165, 1.54) is 11.8 Å². The molecule has 1 atom stereocenters. The lowest BCUT2D eigenvalue weighted by molar-refractivity contribution is -0.139. The molecule has 1 unspecified atom stereocenters. The Morgan fingerprint density at radius 2 is 2.00 bits per heavy atom.